The van der Waals surface area contributed by atoms with Gasteiger partial charge < -0.3 is 9.84 Å². The summed E-state index contributed by atoms with van der Waals surface area (Å²) in [5.41, 5.74) is -6.95. The van der Waals surface area contributed by atoms with Crippen LogP contribution in [0.1, 0.15) is 25.8 Å². The largest absolute Gasteiger partial charge is 0.493 e. The maximum atomic E-state index is 14.1. The summed E-state index contributed by atoms with van der Waals surface area (Å²) < 4.78 is 218. The average molecular weight is 580 g/mol. The maximum Gasteiger partial charge on any atom is 0.460 e. The molecule has 2 nitrogen and oxygen atoms in total. The van der Waals surface area contributed by atoms with E-state index in [-0.39, 0.29) is 30.4 Å². The fraction of sp³-hybridized carbons (Fsp3) is 0.684. The van der Waals surface area contributed by atoms with Crippen LogP contribution < -0.4 is 4.74 Å². The first kappa shape index (κ1) is 32.9. The van der Waals surface area contributed by atoms with Gasteiger partial charge in [-0.2, -0.15) is 70.2 Å². The van der Waals surface area contributed by atoms with Crippen molar-refractivity contribution in [3.63, 3.8) is 0 Å². The molecule has 0 fully saturated rings. The third-order valence-corrected chi connectivity index (χ3v) is 4.86. The Balaban J connectivity index is 3.57. The molecule has 0 aliphatic carbocycles. The lowest BCUT2D eigenvalue weighted by Crippen LogP contribution is -2.70. The summed E-state index contributed by atoms with van der Waals surface area (Å²) in [5, 5.41) is 9.85. The molecule has 1 atom stereocenters. The molecule has 0 aliphatic rings. The van der Waals surface area contributed by atoms with Crippen molar-refractivity contribution in [2.24, 2.45) is 5.92 Å². The van der Waals surface area contributed by atoms with Crippen LogP contribution in [0.3, 0.4) is 0 Å². The van der Waals surface area contributed by atoms with Crippen molar-refractivity contribution in [1.29, 1.82) is 0 Å². The Morgan fingerprint density at radius 2 is 1.03 bits per heavy atom. The van der Waals surface area contributed by atoms with Crippen molar-refractivity contribution in [3.8, 4) is 5.75 Å². The first-order valence-corrected chi connectivity index (χ1v) is 9.58. The number of hydrogen-bond acceptors (Lipinski definition) is 2. The standard InChI is InChI=1S/C19H16F16O2/c1-9(2)7-37-11-5-3-10(4-6-11)12(36,18(30,31)32)8-13(20,21)14(22,23)15(24,25)16(26,27)17(28,29)19(33,34)35/h3-6,9,36H,7-8H2,1-2H3. The molecule has 0 amide bonds. The van der Waals surface area contributed by atoms with Crippen LogP contribution in [0, 0.1) is 5.92 Å². The van der Waals surface area contributed by atoms with Gasteiger partial charge in [0.05, 0.1) is 13.0 Å². The molecule has 0 aliphatic heterocycles. The van der Waals surface area contributed by atoms with Crippen LogP contribution in [0.5, 0.6) is 5.75 Å². The van der Waals surface area contributed by atoms with Crippen LogP contribution in [0.2, 0.25) is 0 Å². The van der Waals surface area contributed by atoms with Gasteiger partial charge in [-0.15, -0.1) is 0 Å². The lowest BCUT2D eigenvalue weighted by molar-refractivity contribution is -0.443. The highest BCUT2D eigenvalue weighted by atomic mass is 19.4. The average Bonchev–Trinajstić information content (AvgIpc) is 2.69. The Bertz CT molecular complexity index is 917. The highest BCUT2D eigenvalue weighted by molar-refractivity contribution is 5.32. The van der Waals surface area contributed by atoms with Crippen molar-refractivity contribution < 1.29 is 80.1 Å². The number of hydrogen-bond donors (Lipinski definition) is 1. The Hall–Kier alpha value is -2.14. The molecule has 216 valence electrons. The van der Waals surface area contributed by atoms with E-state index >= 15 is 0 Å². The highest BCUT2D eigenvalue weighted by Crippen LogP contribution is 2.62. The second kappa shape index (κ2) is 9.55. The molecule has 37 heavy (non-hydrogen) atoms. The van der Waals surface area contributed by atoms with Gasteiger partial charge in [-0.25, -0.2) is 0 Å². The van der Waals surface area contributed by atoms with Crippen LogP contribution in [0.15, 0.2) is 24.3 Å². The molecule has 0 aromatic heterocycles. The summed E-state index contributed by atoms with van der Waals surface area (Å²) in [6.45, 7) is 3.21. The molecule has 1 aromatic rings. The Labute approximate surface area is 197 Å². The molecular weight excluding hydrogens is 564 g/mol. The van der Waals surface area contributed by atoms with Gasteiger partial charge in [0, 0.05) is 0 Å². The molecule has 0 bridgehead atoms. The molecule has 0 saturated heterocycles. The summed E-state index contributed by atoms with van der Waals surface area (Å²) in [6, 6.07) is 1.53. The van der Waals surface area contributed by atoms with Gasteiger partial charge in [0.1, 0.15) is 5.75 Å². The fourth-order valence-electron chi connectivity index (χ4n) is 2.69. The van der Waals surface area contributed by atoms with Crippen molar-refractivity contribution in [1.82, 2.24) is 0 Å². The number of benzene rings is 1. The fourth-order valence-corrected chi connectivity index (χ4v) is 2.69. The Morgan fingerprint density at radius 3 is 1.38 bits per heavy atom. The molecular formula is C19H16F16O2. The Kier molecular flexibility index (Phi) is 8.49. The van der Waals surface area contributed by atoms with E-state index in [1.54, 1.807) is 13.8 Å². The van der Waals surface area contributed by atoms with Gasteiger partial charge in [0.2, 0.25) is 0 Å². The zero-order valence-corrected chi connectivity index (χ0v) is 18.2. The third-order valence-electron chi connectivity index (χ3n) is 4.86. The summed E-state index contributed by atoms with van der Waals surface area (Å²) >= 11 is 0. The van der Waals surface area contributed by atoms with Gasteiger partial charge in [0.15, 0.2) is 5.60 Å². The molecule has 0 radical (unpaired) electrons. The lowest BCUT2D eigenvalue weighted by Gasteiger charge is -2.42. The zero-order valence-electron chi connectivity index (χ0n) is 18.2. The van der Waals surface area contributed by atoms with Crippen LogP contribution in [0.4, 0.5) is 70.2 Å². The third kappa shape index (κ3) is 5.53. The molecule has 1 unspecified atom stereocenters. The molecule has 1 rings (SSSR count). The predicted octanol–water partition coefficient (Wildman–Crippen LogP) is 7.60. The topological polar surface area (TPSA) is 29.5 Å². The summed E-state index contributed by atoms with van der Waals surface area (Å²) in [6.07, 6.45) is -18.0. The number of alkyl halides is 16. The lowest BCUT2D eigenvalue weighted by atomic mass is 9.82. The van der Waals surface area contributed by atoms with E-state index in [1.807, 2.05) is 0 Å². The molecule has 0 heterocycles. The van der Waals surface area contributed by atoms with Crippen LogP contribution in [0.25, 0.3) is 0 Å². The first-order chi connectivity index (χ1) is 16.1. The van der Waals surface area contributed by atoms with E-state index in [1.165, 1.54) is 0 Å². The summed E-state index contributed by atoms with van der Waals surface area (Å²) in [4.78, 5) is 0. The number of rotatable bonds is 10. The SMILES string of the molecule is CC(C)COc1ccc(C(O)(CC(F)(F)C(F)(F)C(F)(F)C(F)(F)C(F)(F)C(F)(F)F)C(F)(F)F)cc1. The van der Waals surface area contributed by atoms with E-state index in [4.69, 9.17) is 4.74 Å². The maximum absolute atomic E-state index is 14.1. The monoisotopic (exact) mass is 580 g/mol. The van der Waals surface area contributed by atoms with Gasteiger partial charge >= 0.3 is 42.0 Å². The quantitative estimate of drug-likeness (QED) is 0.289. The van der Waals surface area contributed by atoms with E-state index in [9.17, 15) is 75.4 Å². The molecule has 18 heteroatoms. The van der Waals surface area contributed by atoms with Crippen LogP contribution >= 0.6 is 0 Å². The van der Waals surface area contributed by atoms with Gasteiger partial charge in [-0.1, -0.05) is 26.0 Å². The van der Waals surface area contributed by atoms with Gasteiger partial charge in [-0.3, -0.25) is 0 Å². The predicted molar refractivity (Wildman–Crippen MR) is 92.1 cm³/mol. The normalized spacial score (nSPS) is 16.6. The van der Waals surface area contributed by atoms with Crippen molar-refractivity contribution in [2.45, 2.75) is 67.8 Å². The van der Waals surface area contributed by atoms with E-state index in [2.05, 4.69) is 0 Å². The second-order valence-corrected chi connectivity index (χ2v) is 8.26. The molecule has 1 aromatic carbocycles. The van der Waals surface area contributed by atoms with Crippen LogP contribution in [-0.4, -0.2) is 53.7 Å². The number of halogens is 16. The van der Waals surface area contributed by atoms with Crippen LogP contribution in [-0.2, 0) is 5.60 Å². The molecule has 0 saturated carbocycles. The number of ether oxygens (including phenoxy) is 1. The van der Waals surface area contributed by atoms with Gasteiger partial charge in [0.25, 0.3) is 0 Å². The van der Waals surface area contributed by atoms with Crippen molar-refractivity contribution >= 4 is 0 Å². The molecule has 1 N–H and O–H groups in total. The summed E-state index contributed by atoms with van der Waals surface area (Å²) in [5.74, 6) is -40.1. The van der Waals surface area contributed by atoms with Crippen molar-refractivity contribution in [3.05, 3.63) is 29.8 Å². The summed E-state index contributed by atoms with van der Waals surface area (Å²) in [7, 11) is 0. The van der Waals surface area contributed by atoms with E-state index < -0.39 is 59.6 Å². The minimum absolute atomic E-state index is 0.0426. The highest BCUT2D eigenvalue weighted by Gasteiger charge is 2.91. The smallest absolute Gasteiger partial charge is 0.460 e. The van der Waals surface area contributed by atoms with E-state index in [0.717, 1.165) is 0 Å². The Morgan fingerprint density at radius 1 is 0.622 bits per heavy atom. The van der Waals surface area contributed by atoms with E-state index in [0.29, 0.717) is 12.1 Å². The first-order valence-electron chi connectivity index (χ1n) is 9.58. The van der Waals surface area contributed by atoms with Crippen molar-refractivity contribution in [2.75, 3.05) is 6.61 Å². The second-order valence-electron chi connectivity index (χ2n) is 8.26. The van der Waals surface area contributed by atoms with Gasteiger partial charge in [-0.05, 0) is 23.6 Å². The zero-order chi connectivity index (χ0) is 29.7. The number of aliphatic hydroxyl groups is 1. The minimum atomic E-state index is -8.29. The molecule has 0 spiro atoms. The minimum Gasteiger partial charge on any atom is -0.493 e.